The van der Waals surface area contributed by atoms with Gasteiger partial charge in [-0.3, -0.25) is 9.59 Å². The summed E-state index contributed by atoms with van der Waals surface area (Å²) in [5, 5.41) is 2.83. The number of nitrogens with one attached hydrogen (secondary N) is 1. The van der Waals surface area contributed by atoms with Gasteiger partial charge in [0.25, 0.3) is 0 Å². The van der Waals surface area contributed by atoms with Crippen molar-refractivity contribution in [3.63, 3.8) is 0 Å². The number of amides is 2. The number of carbonyl (C=O) groups is 2. The highest BCUT2D eigenvalue weighted by Crippen LogP contribution is 2.27. The Morgan fingerprint density at radius 2 is 1.64 bits per heavy atom. The van der Waals surface area contributed by atoms with Crippen molar-refractivity contribution in [1.82, 2.24) is 10.2 Å². The van der Waals surface area contributed by atoms with Gasteiger partial charge in [0.2, 0.25) is 11.8 Å². The third kappa shape index (κ3) is 6.26. The molecule has 0 fully saturated rings. The van der Waals surface area contributed by atoms with Gasteiger partial charge in [-0.25, -0.2) is 4.39 Å². The minimum Gasteiger partial charge on any atom is -0.493 e. The van der Waals surface area contributed by atoms with E-state index in [0.717, 1.165) is 11.1 Å². The summed E-state index contributed by atoms with van der Waals surface area (Å²) in [5.41, 5.74) is 1.68. The number of benzene rings is 2. The fourth-order valence-electron chi connectivity index (χ4n) is 2.67. The Hall–Kier alpha value is -3.09. The highest BCUT2D eigenvalue weighted by molar-refractivity contribution is 5.78. The quantitative estimate of drug-likeness (QED) is 0.717. The minimum absolute atomic E-state index is 0.142. The lowest BCUT2D eigenvalue weighted by Gasteiger charge is -2.21. The second kappa shape index (κ2) is 10.3. The zero-order valence-electron chi connectivity index (χ0n) is 16.3. The molecule has 28 heavy (non-hydrogen) atoms. The molecule has 0 aliphatic heterocycles. The molecule has 0 saturated carbocycles. The summed E-state index contributed by atoms with van der Waals surface area (Å²) in [4.78, 5) is 25.6. The van der Waals surface area contributed by atoms with Crippen LogP contribution in [0, 0.1) is 5.82 Å². The first-order valence-electron chi connectivity index (χ1n) is 8.90. The first-order valence-corrected chi connectivity index (χ1v) is 8.90. The lowest BCUT2D eigenvalue weighted by atomic mass is 10.2. The van der Waals surface area contributed by atoms with Gasteiger partial charge >= 0.3 is 0 Å². The van der Waals surface area contributed by atoms with Crippen LogP contribution in [0.25, 0.3) is 0 Å². The van der Waals surface area contributed by atoms with Gasteiger partial charge in [0.15, 0.2) is 11.5 Å². The number of rotatable bonds is 9. The zero-order valence-corrected chi connectivity index (χ0v) is 16.3. The molecular weight excluding hydrogens is 363 g/mol. The highest BCUT2D eigenvalue weighted by atomic mass is 19.1. The molecule has 0 aliphatic carbocycles. The van der Waals surface area contributed by atoms with Gasteiger partial charge in [0.05, 0.1) is 14.2 Å². The van der Waals surface area contributed by atoms with Crippen molar-refractivity contribution in [1.29, 1.82) is 0 Å². The van der Waals surface area contributed by atoms with Crippen LogP contribution in [0.1, 0.15) is 24.5 Å². The lowest BCUT2D eigenvalue weighted by molar-refractivity contribution is -0.130. The number of nitrogens with zero attached hydrogens (tertiary/aromatic N) is 1. The van der Waals surface area contributed by atoms with Gasteiger partial charge in [-0.05, 0) is 35.4 Å². The molecule has 7 heteroatoms. The van der Waals surface area contributed by atoms with Crippen LogP contribution >= 0.6 is 0 Å². The normalized spacial score (nSPS) is 10.3. The molecule has 0 atom stereocenters. The van der Waals surface area contributed by atoms with E-state index in [0.29, 0.717) is 24.6 Å². The summed E-state index contributed by atoms with van der Waals surface area (Å²) in [5.74, 6) is 0.580. The molecule has 0 aliphatic rings. The molecule has 1 N–H and O–H groups in total. The first kappa shape index (κ1) is 21.2. The van der Waals surface area contributed by atoms with E-state index in [1.54, 1.807) is 43.4 Å². The van der Waals surface area contributed by atoms with E-state index in [2.05, 4.69) is 5.32 Å². The topological polar surface area (TPSA) is 67.9 Å². The molecule has 2 aromatic rings. The van der Waals surface area contributed by atoms with Crippen molar-refractivity contribution in [2.24, 2.45) is 0 Å². The minimum atomic E-state index is -0.326. The van der Waals surface area contributed by atoms with Crippen LogP contribution in [0.3, 0.4) is 0 Å². The third-order valence-electron chi connectivity index (χ3n) is 4.28. The first-order chi connectivity index (χ1) is 13.4. The molecule has 2 amide bonds. The van der Waals surface area contributed by atoms with Crippen LogP contribution in [0.2, 0.25) is 0 Å². The summed E-state index contributed by atoms with van der Waals surface area (Å²) in [6.45, 7) is 2.41. The van der Waals surface area contributed by atoms with E-state index in [-0.39, 0.29) is 30.6 Å². The van der Waals surface area contributed by atoms with Crippen LogP contribution in [0.5, 0.6) is 11.5 Å². The van der Waals surface area contributed by atoms with Gasteiger partial charge in [-0.1, -0.05) is 18.2 Å². The smallest absolute Gasteiger partial charge is 0.222 e. The van der Waals surface area contributed by atoms with Gasteiger partial charge < -0.3 is 19.7 Å². The fourth-order valence-corrected chi connectivity index (χ4v) is 2.67. The molecule has 2 aromatic carbocycles. The van der Waals surface area contributed by atoms with Crippen molar-refractivity contribution < 1.29 is 23.5 Å². The summed E-state index contributed by atoms with van der Waals surface area (Å²) in [7, 11) is 3.11. The predicted molar refractivity (Wildman–Crippen MR) is 104 cm³/mol. The monoisotopic (exact) mass is 388 g/mol. The Kier molecular flexibility index (Phi) is 7.80. The number of hydrogen-bond acceptors (Lipinski definition) is 4. The van der Waals surface area contributed by atoms with Crippen LogP contribution < -0.4 is 14.8 Å². The van der Waals surface area contributed by atoms with Crippen molar-refractivity contribution in [2.45, 2.75) is 26.4 Å². The fraction of sp³-hybridized carbons (Fsp3) is 0.333. The Morgan fingerprint density at radius 1 is 1.00 bits per heavy atom. The Bertz CT molecular complexity index is 809. The lowest BCUT2D eigenvalue weighted by Crippen LogP contribution is -2.33. The van der Waals surface area contributed by atoms with Gasteiger partial charge in [0, 0.05) is 33.0 Å². The SMILES string of the molecule is COc1ccc(CNC(=O)CCN(Cc2ccc(F)cc2)C(C)=O)cc1OC. The van der Waals surface area contributed by atoms with E-state index >= 15 is 0 Å². The summed E-state index contributed by atoms with van der Waals surface area (Å²) in [6.07, 6.45) is 0.175. The maximum atomic E-state index is 13.0. The molecule has 0 heterocycles. The molecule has 0 spiro atoms. The Labute approximate surface area is 164 Å². The highest BCUT2D eigenvalue weighted by Gasteiger charge is 2.12. The molecule has 2 rings (SSSR count). The summed E-state index contributed by atoms with van der Waals surface area (Å²) < 4.78 is 23.4. The summed E-state index contributed by atoms with van der Waals surface area (Å²) in [6, 6.07) is 11.4. The van der Waals surface area contributed by atoms with Crippen molar-refractivity contribution in [2.75, 3.05) is 20.8 Å². The second-order valence-electron chi connectivity index (χ2n) is 6.28. The Morgan fingerprint density at radius 3 is 2.25 bits per heavy atom. The number of carbonyl (C=O) groups excluding carboxylic acids is 2. The molecule has 0 radical (unpaired) electrons. The van der Waals surface area contributed by atoms with E-state index in [1.807, 2.05) is 6.07 Å². The van der Waals surface area contributed by atoms with Crippen molar-refractivity contribution in [3.8, 4) is 11.5 Å². The van der Waals surface area contributed by atoms with Crippen LogP contribution in [-0.2, 0) is 22.7 Å². The van der Waals surface area contributed by atoms with Gasteiger partial charge in [-0.2, -0.15) is 0 Å². The predicted octanol–water partition coefficient (Wildman–Crippen LogP) is 2.90. The van der Waals surface area contributed by atoms with Gasteiger partial charge in [0.1, 0.15) is 5.82 Å². The van der Waals surface area contributed by atoms with Crippen LogP contribution in [0.15, 0.2) is 42.5 Å². The van der Waals surface area contributed by atoms with Crippen molar-refractivity contribution in [3.05, 3.63) is 59.4 Å². The van der Waals surface area contributed by atoms with E-state index < -0.39 is 0 Å². The molecule has 150 valence electrons. The molecule has 0 aromatic heterocycles. The van der Waals surface area contributed by atoms with Crippen LogP contribution in [0.4, 0.5) is 4.39 Å². The maximum absolute atomic E-state index is 13.0. The Balaban J connectivity index is 1.85. The van der Waals surface area contributed by atoms with Crippen molar-refractivity contribution >= 4 is 11.8 Å². The molecule has 0 bridgehead atoms. The molecule has 6 nitrogen and oxygen atoms in total. The third-order valence-corrected chi connectivity index (χ3v) is 4.28. The van der Waals surface area contributed by atoms with Gasteiger partial charge in [-0.15, -0.1) is 0 Å². The molecule has 0 unspecified atom stereocenters. The maximum Gasteiger partial charge on any atom is 0.222 e. The molecular formula is C21H25FN2O4. The largest absolute Gasteiger partial charge is 0.493 e. The molecule has 0 saturated heterocycles. The average Bonchev–Trinajstić information content (AvgIpc) is 2.70. The zero-order chi connectivity index (χ0) is 20.5. The average molecular weight is 388 g/mol. The van der Waals surface area contributed by atoms with E-state index in [9.17, 15) is 14.0 Å². The number of hydrogen-bond donors (Lipinski definition) is 1. The second-order valence-corrected chi connectivity index (χ2v) is 6.28. The van der Waals surface area contributed by atoms with E-state index in [1.165, 1.54) is 19.1 Å². The number of methoxy groups -OCH3 is 2. The van der Waals surface area contributed by atoms with Crippen LogP contribution in [-0.4, -0.2) is 37.5 Å². The standard InChI is InChI=1S/C21H25FN2O4/c1-15(25)24(14-16-4-7-18(22)8-5-16)11-10-21(26)23-13-17-6-9-19(27-2)20(12-17)28-3/h4-9,12H,10-11,13-14H2,1-3H3,(H,23,26). The number of ether oxygens (including phenoxy) is 2. The summed E-state index contributed by atoms with van der Waals surface area (Å²) >= 11 is 0. The van der Waals surface area contributed by atoms with E-state index in [4.69, 9.17) is 9.47 Å². The number of halogens is 1.